The number of hydrogen-bond acceptors (Lipinski definition) is 2. The third-order valence-corrected chi connectivity index (χ3v) is 1.98. The van der Waals surface area contributed by atoms with Gasteiger partial charge in [0.15, 0.2) is 0 Å². The summed E-state index contributed by atoms with van der Waals surface area (Å²) in [7, 11) is 0. The second kappa shape index (κ2) is 3.99. The average molecular weight is 175 g/mol. The standard InChI is InChI=1S/C11H13NO/c1-4-12-11-6-8(2)10(7-13)5-9(11)3/h4-7H,1-3H3. The van der Waals surface area contributed by atoms with Gasteiger partial charge in [-0.15, -0.1) is 0 Å². The van der Waals surface area contributed by atoms with Gasteiger partial charge in [-0.05, 0) is 44.0 Å². The highest BCUT2D eigenvalue weighted by Crippen LogP contribution is 2.21. The molecule has 1 rings (SSSR count). The van der Waals surface area contributed by atoms with Crippen molar-refractivity contribution < 1.29 is 4.79 Å². The molecule has 0 aromatic heterocycles. The van der Waals surface area contributed by atoms with E-state index in [-0.39, 0.29) is 0 Å². The van der Waals surface area contributed by atoms with Crippen molar-refractivity contribution >= 4 is 18.2 Å². The first-order valence-electron chi connectivity index (χ1n) is 4.24. The molecule has 2 heteroatoms. The molecule has 1 aromatic rings. The summed E-state index contributed by atoms with van der Waals surface area (Å²) in [5.41, 5.74) is 3.69. The first-order valence-corrected chi connectivity index (χ1v) is 4.24. The Bertz CT molecular complexity index is 353. The minimum Gasteiger partial charge on any atom is -0.298 e. The predicted octanol–water partition coefficient (Wildman–Crippen LogP) is 2.84. The minimum absolute atomic E-state index is 0.743. The van der Waals surface area contributed by atoms with Gasteiger partial charge in [0.25, 0.3) is 0 Å². The van der Waals surface area contributed by atoms with Crippen molar-refractivity contribution in [2.45, 2.75) is 20.8 Å². The second-order valence-corrected chi connectivity index (χ2v) is 3.00. The van der Waals surface area contributed by atoms with Crippen molar-refractivity contribution in [3.63, 3.8) is 0 Å². The van der Waals surface area contributed by atoms with Crippen molar-refractivity contribution in [3.05, 3.63) is 28.8 Å². The molecule has 2 nitrogen and oxygen atoms in total. The molecule has 0 radical (unpaired) electrons. The van der Waals surface area contributed by atoms with Crippen LogP contribution in [0.2, 0.25) is 0 Å². The molecule has 0 heterocycles. The Hall–Kier alpha value is -1.44. The molecule has 0 bridgehead atoms. The van der Waals surface area contributed by atoms with Crippen LogP contribution in [0.5, 0.6) is 0 Å². The summed E-state index contributed by atoms with van der Waals surface area (Å²) in [6, 6.07) is 3.80. The average Bonchev–Trinajstić information content (AvgIpc) is 2.11. The lowest BCUT2D eigenvalue weighted by atomic mass is 10.1. The van der Waals surface area contributed by atoms with Crippen LogP contribution in [-0.2, 0) is 0 Å². The Kier molecular flexibility index (Phi) is 2.96. The van der Waals surface area contributed by atoms with Gasteiger partial charge in [0.2, 0.25) is 0 Å². The molecule has 1 aromatic carbocycles. The van der Waals surface area contributed by atoms with Crippen LogP contribution in [0.3, 0.4) is 0 Å². The Morgan fingerprint density at radius 2 is 1.92 bits per heavy atom. The van der Waals surface area contributed by atoms with Gasteiger partial charge in [-0.1, -0.05) is 0 Å². The molecule has 0 aliphatic heterocycles. The fraction of sp³-hybridized carbons (Fsp3) is 0.273. The zero-order chi connectivity index (χ0) is 9.84. The molecular formula is C11H13NO. The van der Waals surface area contributed by atoms with Crippen molar-refractivity contribution in [2.24, 2.45) is 4.99 Å². The molecular weight excluding hydrogens is 162 g/mol. The van der Waals surface area contributed by atoms with Crippen LogP contribution in [0, 0.1) is 13.8 Å². The van der Waals surface area contributed by atoms with Crippen molar-refractivity contribution in [1.82, 2.24) is 0 Å². The molecule has 0 N–H and O–H groups in total. The molecule has 0 spiro atoms. The van der Waals surface area contributed by atoms with Crippen molar-refractivity contribution in [3.8, 4) is 0 Å². The van der Waals surface area contributed by atoms with Gasteiger partial charge in [0, 0.05) is 11.8 Å². The predicted molar refractivity (Wildman–Crippen MR) is 55.1 cm³/mol. The van der Waals surface area contributed by atoms with Crippen LogP contribution in [0.15, 0.2) is 17.1 Å². The molecule has 68 valence electrons. The highest BCUT2D eigenvalue weighted by atomic mass is 16.1. The summed E-state index contributed by atoms with van der Waals surface area (Å²) in [5, 5.41) is 0. The monoisotopic (exact) mass is 175 g/mol. The molecule has 13 heavy (non-hydrogen) atoms. The maximum Gasteiger partial charge on any atom is 0.150 e. The van der Waals surface area contributed by atoms with E-state index in [4.69, 9.17) is 0 Å². The van der Waals surface area contributed by atoms with Gasteiger partial charge in [-0.3, -0.25) is 9.79 Å². The summed E-state index contributed by atoms with van der Waals surface area (Å²) >= 11 is 0. The minimum atomic E-state index is 0.743. The quantitative estimate of drug-likeness (QED) is 0.502. The third kappa shape index (κ3) is 2.02. The molecule has 0 saturated carbocycles. The maximum absolute atomic E-state index is 10.6. The smallest absolute Gasteiger partial charge is 0.150 e. The normalized spacial score (nSPS) is 10.7. The van der Waals surface area contributed by atoms with E-state index >= 15 is 0 Å². The van der Waals surface area contributed by atoms with E-state index < -0.39 is 0 Å². The van der Waals surface area contributed by atoms with E-state index in [0.717, 1.165) is 28.7 Å². The van der Waals surface area contributed by atoms with Crippen LogP contribution in [0.25, 0.3) is 0 Å². The van der Waals surface area contributed by atoms with Crippen LogP contribution in [0.1, 0.15) is 28.4 Å². The maximum atomic E-state index is 10.6. The number of carbonyl (C=O) groups is 1. The summed E-state index contributed by atoms with van der Waals surface area (Å²) < 4.78 is 0. The van der Waals surface area contributed by atoms with E-state index in [0.29, 0.717) is 0 Å². The van der Waals surface area contributed by atoms with Gasteiger partial charge in [-0.25, -0.2) is 0 Å². The molecule has 0 fully saturated rings. The number of nitrogens with zero attached hydrogens (tertiary/aromatic N) is 1. The Morgan fingerprint density at radius 1 is 1.23 bits per heavy atom. The molecule has 0 atom stereocenters. The number of aryl methyl sites for hydroxylation is 2. The number of aldehydes is 1. The topological polar surface area (TPSA) is 29.4 Å². The summed E-state index contributed by atoms with van der Waals surface area (Å²) in [6.07, 6.45) is 2.63. The van der Waals surface area contributed by atoms with E-state index in [2.05, 4.69) is 4.99 Å². The fourth-order valence-electron chi connectivity index (χ4n) is 1.23. The van der Waals surface area contributed by atoms with E-state index in [9.17, 15) is 4.79 Å². The summed E-state index contributed by atoms with van der Waals surface area (Å²) in [6.45, 7) is 5.75. The number of hydrogen-bond donors (Lipinski definition) is 0. The third-order valence-electron chi connectivity index (χ3n) is 1.98. The first kappa shape index (κ1) is 9.65. The second-order valence-electron chi connectivity index (χ2n) is 3.00. The number of benzene rings is 1. The lowest BCUT2D eigenvalue weighted by molar-refractivity contribution is 0.112. The van der Waals surface area contributed by atoms with Crippen molar-refractivity contribution in [2.75, 3.05) is 0 Å². The summed E-state index contributed by atoms with van der Waals surface area (Å²) in [4.78, 5) is 14.8. The Labute approximate surface area is 78.3 Å². The Balaban J connectivity index is 3.27. The number of aliphatic imine (C=N–C) groups is 1. The SMILES string of the molecule is CC=Nc1cc(C)c(C=O)cc1C. The van der Waals surface area contributed by atoms with Crippen LogP contribution in [0.4, 0.5) is 5.69 Å². The highest BCUT2D eigenvalue weighted by molar-refractivity contribution is 5.79. The number of rotatable bonds is 2. The van der Waals surface area contributed by atoms with E-state index in [1.165, 1.54) is 0 Å². The van der Waals surface area contributed by atoms with Gasteiger partial charge in [-0.2, -0.15) is 0 Å². The van der Waals surface area contributed by atoms with Crippen LogP contribution < -0.4 is 0 Å². The molecule has 0 saturated heterocycles. The molecule has 0 unspecified atom stereocenters. The van der Waals surface area contributed by atoms with E-state index in [1.807, 2.05) is 32.9 Å². The summed E-state index contributed by atoms with van der Waals surface area (Å²) in [5.74, 6) is 0. The van der Waals surface area contributed by atoms with Gasteiger partial charge in [0.05, 0.1) is 5.69 Å². The van der Waals surface area contributed by atoms with E-state index in [1.54, 1.807) is 6.21 Å². The fourth-order valence-corrected chi connectivity index (χ4v) is 1.23. The van der Waals surface area contributed by atoms with Crippen molar-refractivity contribution in [1.29, 1.82) is 0 Å². The highest BCUT2D eigenvalue weighted by Gasteiger charge is 2.01. The van der Waals surface area contributed by atoms with Gasteiger partial charge in [0.1, 0.15) is 6.29 Å². The first-order chi connectivity index (χ1) is 6.19. The van der Waals surface area contributed by atoms with Crippen LogP contribution >= 0.6 is 0 Å². The van der Waals surface area contributed by atoms with Gasteiger partial charge < -0.3 is 0 Å². The zero-order valence-corrected chi connectivity index (χ0v) is 8.16. The molecule has 0 amide bonds. The number of carbonyl (C=O) groups excluding carboxylic acids is 1. The van der Waals surface area contributed by atoms with Gasteiger partial charge >= 0.3 is 0 Å². The molecule has 0 aliphatic carbocycles. The Morgan fingerprint density at radius 3 is 2.46 bits per heavy atom. The molecule has 0 aliphatic rings. The largest absolute Gasteiger partial charge is 0.298 e. The van der Waals surface area contributed by atoms with Crippen LogP contribution in [-0.4, -0.2) is 12.5 Å². The zero-order valence-electron chi connectivity index (χ0n) is 8.16. The lowest BCUT2D eigenvalue weighted by Gasteiger charge is -2.03. The lowest BCUT2D eigenvalue weighted by Crippen LogP contribution is -1.88.